The number of anilines is 1. The molecule has 2 aromatic carbocycles. The van der Waals surface area contributed by atoms with Crippen LogP contribution in [0.2, 0.25) is 5.02 Å². The van der Waals surface area contributed by atoms with Crippen LogP contribution in [0.25, 0.3) is 0 Å². The van der Waals surface area contributed by atoms with Crippen LogP contribution >= 0.6 is 11.6 Å². The van der Waals surface area contributed by atoms with Gasteiger partial charge in [-0.05, 0) is 35.9 Å². The van der Waals surface area contributed by atoms with Crippen LogP contribution in [0.5, 0.6) is 5.75 Å². The molecule has 124 valence electrons. The molecule has 2 aromatic rings. The van der Waals surface area contributed by atoms with E-state index in [-0.39, 0.29) is 11.8 Å². The van der Waals surface area contributed by atoms with Crippen molar-refractivity contribution in [2.24, 2.45) is 0 Å². The van der Waals surface area contributed by atoms with Crippen molar-refractivity contribution >= 4 is 29.1 Å². The molecule has 0 fully saturated rings. The molecule has 1 heterocycles. The fraction of sp³-hybridized carbons (Fsp3) is 0.222. The van der Waals surface area contributed by atoms with Crippen molar-refractivity contribution in [1.82, 2.24) is 5.32 Å². The Labute approximate surface area is 145 Å². The Bertz CT molecular complexity index is 807. The molecule has 3 rings (SSSR count). The van der Waals surface area contributed by atoms with Crippen molar-refractivity contribution in [2.75, 3.05) is 12.0 Å². The van der Waals surface area contributed by atoms with E-state index in [9.17, 15) is 9.59 Å². The Morgan fingerprint density at radius 3 is 2.75 bits per heavy atom. The summed E-state index contributed by atoms with van der Waals surface area (Å²) in [5, 5.41) is 3.33. The molecule has 1 atom stereocenters. The van der Waals surface area contributed by atoms with E-state index in [0.717, 1.165) is 16.8 Å². The zero-order valence-electron chi connectivity index (χ0n) is 13.4. The van der Waals surface area contributed by atoms with Gasteiger partial charge in [0, 0.05) is 17.5 Å². The van der Waals surface area contributed by atoms with Crippen LogP contribution in [-0.4, -0.2) is 18.9 Å². The predicted octanol–water partition coefficient (Wildman–Crippen LogP) is 3.07. The highest BCUT2D eigenvalue weighted by Crippen LogP contribution is 2.39. The van der Waals surface area contributed by atoms with Gasteiger partial charge in [0.05, 0.1) is 19.3 Å². The lowest BCUT2D eigenvalue weighted by atomic mass is 10.1. The maximum Gasteiger partial charge on any atom is 0.254 e. The quantitative estimate of drug-likeness (QED) is 0.927. The first-order valence-electron chi connectivity index (χ1n) is 7.50. The number of carbonyl (C=O) groups is 2. The summed E-state index contributed by atoms with van der Waals surface area (Å²) in [7, 11) is 1.57. The molecule has 1 aliphatic heterocycles. The SMILES string of the molecule is COc1ccc2c(c1)C(NC(C)=O)C(=O)N2Cc1cccc(Cl)c1. The smallest absolute Gasteiger partial charge is 0.254 e. The van der Waals surface area contributed by atoms with E-state index < -0.39 is 6.04 Å². The van der Waals surface area contributed by atoms with Gasteiger partial charge >= 0.3 is 0 Å². The minimum atomic E-state index is -0.702. The van der Waals surface area contributed by atoms with Gasteiger partial charge in [0.25, 0.3) is 5.91 Å². The van der Waals surface area contributed by atoms with Crippen LogP contribution in [0.1, 0.15) is 24.1 Å². The molecule has 2 amide bonds. The fourth-order valence-corrected chi connectivity index (χ4v) is 3.08. The number of halogens is 1. The maximum atomic E-state index is 12.8. The summed E-state index contributed by atoms with van der Waals surface area (Å²) < 4.78 is 5.24. The van der Waals surface area contributed by atoms with Crippen LogP contribution < -0.4 is 15.0 Å². The monoisotopic (exact) mass is 344 g/mol. The van der Waals surface area contributed by atoms with E-state index in [1.807, 2.05) is 24.3 Å². The number of nitrogens with zero attached hydrogens (tertiary/aromatic N) is 1. The third-order valence-electron chi connectivity index (χ3n) is 3.93. The van der Waals surface area contributed by atoms with Gasteiger partial charge in [-0.2, -0.15) is 0 Å². The van der Waals surface area contributed by atoms with Gasteiger partial charge in [-0.25, -0.2) is 0 Å². The molecule has 0 radical (unpaired) electrons. The van der Waals surface area contributed by atoms with Gasteiger partial charge in [-0.3, -0.25) is 9.59 Å². The Balaban J connectivity index is 1.99. The molecule has 1 unspecified atom stereocenters. The maximum absolute atomic E-state index is 12.8. The minimum absolute atomic E-state index is 0.173. The third-order valence-corrected chi connectivity index (χ3v) is 4.16. The molecule has 5 nitrogen and oxygen atoms in total. The van der Waals surface area contributed by atoms with Crippen molar-refractivity contribution < 1.29 is 14.3 Å². The van der Waals surface area contributed by atoms with Crippen molar-refractivity contribution in [1.29, 1.82) is 0 Å². The highest BCUT2D eigenvalue weighted by molar-refractivity contribution is 6.30. The van der Waals surface area contributed by atoms with Crippen LogP contribution in [0.15, 0.2) is 42.5 Å². The number of amides is 2. The van der Waals surface area contributed by atoms with Crippen molar-refractivity contribution in [3.05, 3.63) is 58.6 Å². The summed E-state index contributed by atoms with van der Waals surface area (Å²) in [5.41, 5.74) is 2.41. The number of benzene rings is 2. The van der Waals surface area contributed by atoms with E-state index in [1.54, 1.807) is 30.2 Å². The van der Waals surface area contributed by atoms with Crippen molar-refractivity contribution in [3.63, 3.8) is 0 Å². The van der Waals surface area contributed by atoms with Crippen LogP contribution in [0.3, 0.4) is 0 Å². The fourth-order valence-electron chi connectivity index (χ4n) is 2.87. The minimum Gasteiger partial charge on any atom is -0.497 e. The summed E-state index contributed by atoms with van der Waals surface area (Å²) >= 11 is 6.03. The molecule has 0 spiro atoms. The number of fused-ring (bicyclic) bond motifs is 1. The van der Waals surface area contributed by atoms with Gasteiger partial charge in [0.1, 0.15) is 11.8 Å². The summed E-state index contributed by atoms with van der Waals surface area (Å²) in [6.45, 7) is 1.78. The van der Waals surface area contributed by atoms with Crippen LogP contribution in [-0.2, 0) is 16.1 Å². The Morgan fingerprint density at radius 1 is 1.29 bits per heavy atom. The molecule has 0 saturated heterocycles. The van der Waals surface area contributed by atoms with Crippen LogP contribution in [0.4, 0.5) is 5.69 Å². The first-order valence-corrected chi connectivity index (χ1v) is 7.88. The molecule has 0 aromatic heterocycles. The molecular weight excluding hydrogens is 328 g/mol. The molecule has 0 saturated carbocycles. The lowest BCUT2D eigenvalue weighted by molar-refractivity contribution is -0.126. The summed E-state index contributed by atoms with van der Waals surface area (Å²) in [6.07, 6.45) is 0. The standard InChI is InChI=1S/C18H17ClN2O3/c1-11(22)20-17-15-9-14(24-2)6-7-16(15)21(18(17)23)10-12-4-3-5-13(19)8-12/h3-9,17H,10H2,1-2H3,(H,20,22). The molecule has 1 aliphatic rings. The Hall–Kier alpha value is -2.53. The average Bonchev–Trinajstić information content (AvgIpc) is 2.79. The van der Waals surface area contributed by atoms with Gasteiger partial charge in [-0.1, -0.05) is 23.7 Å². The number of nitrogens with one attached hydrogen (secondary N) is 1. The molecule has 1 N–H and O–H groups in total. The first-order chi connectivity index (χ1) is 11.5. The van der Waals surface area contributed by atoms with Gasteiger partial charge < -0.3 is 15.0 Å². The second-order valence-corrected chi connectivity index (χ2v) is 6.05. The molecule has 0 aliphatic carbocycles. The van der Waals surface area contributed by atoms with Crippen molar-refractivity contribution in [2.45, 2.75) is 19.5 Å². The molecule has 24 heavy (non-hydrogen) atoms. The third kappa shape index (κ3) is 3.08. The molecular formula is C18H17ClN2O3. The number of hydrogen-bond donors (Lipinski definition) is 1. The zero-order valence-corrected chi connectivity index (χ0v) is 14.1. The topological polar surface area (TPSA) is 58.6 Å². The summed E-state index contributed by atoms with van der Waals surface area (Å²) in [4.78, 5) is 26.0. The number of carbonyl (C=O) groups excluding carboxylic acids is 2. The van der Waals surface area contributed by atoms with Crippen LogP contribution in [0, 0.1) is 0 Å². The number of methoxy groups -OCH3 is 1. The Morgan fingerprint density at radius 2 is 2.08 bits per heavy atom. The van der Waals surface area contributed by atoms with E-state index in [0.29, 0.717) is 17.3 Å². The van der Waals surface area contributed by atoms with E-state index in [2.05, 4.69) is 5.32 Å². The average molecular weight is 345 g/mol. The van der Waals surface area contributed by atoms with E-state index >= 15 is 0 Å². The van der Waals surface area contributed by atoms with E-state index in [1.165, 1.54) is 6.92 Å². The lowest BCUT2D eigenvalue weighted by Gasteiger charge is -2.18. The number of rotatable bonds is 4. The largest absolute Gasteiger partial charge is 0.497 e. The summed E-state index contributed by atoms with van der Waals surface area (Å²) in [6, 6.07) is 12.1. The Kier molecular flexibility index (Phi) is 4.44. The number of ether oxygens (including phenoxy) is 1. The summed E-state index contributed by atoms with van der Waals surface area (Å²) in [5.74, 6) is 0.210. The van der Waals surface area contributed by atoms with Crippen molar-refractivity contribution in [3.8, 4) is 5.75 Å². The highest BCUT2D eigenvalue weighted by atomic mass is 35.5. The molecule has 0 bridgehead atoms. The lowest BCUT2D eigenvalue weighted by Crippen LogP contribution is -2.36. The van der Waals surface area contributed by atoms with Gasteiger partial charge in [-0.15, -0.1) is 0 Å². The number of hydrogen-bond acceptors (Lipinski definition) is 3. The molecule has 6 heteroatoms. The second kappa shape index (κ2) is 6.53. The predicted molar refractivity (Wildman–Crippen MR) is 92.2 cm³/mol. The zero-order chi connectivity index (χ0) is 17.3. The van der Waals surface area contributed by atoms with E-state index in [4.69, 9.17) is 16.3 Å². The first kappa shape index (κ1) is 16.3. The van der Waals surface area contributed by atoms with Gasteiger partial charge in [0.15, 0.2) is 0 Å². The van der Waals surface area contributed by atoms with Gasteiger partial charge in [0.2, 0.25) is 5.91 Å². The highest BCUT2D eigenvalue weighted by Gasteiger charge is 2.38. The normalized spacial score (nSPS) is 16.0. The second-order valence-electron chi connectivity index (χ2n) is 5.61.